The molecule has 4 heteroatoms. The summed E-state index contributed by atoms with van der Waals surface area (Å²) in [5, 5.41) is 0. The molecule has 0 spiro atoms. The number of amides is 1. The molecule has 1 heterocycles. The van der Waals surface area contributed by atoms with Gasteiger partial charge in [0.1, 0.15) is 0 Å². The van der Waals surface area contributed by atoms with Crippen molar-refractivity contribution in [3.05, 3.63) is 23.5 Å². The SMILES string of the molecule is CC(C)c1ccc(OC2CC2)c(C(=O)N(C)C)n1. The van der Waals surface area contributed by atoms with Gasteiger partial charge in [0, 0.05) is 19.8 Å². The standard InChI is InChI=1S/C14H20N2O2/c1-9(2)11-7-8-12(18-10-5-6-10)13(15-11)14(17)16(3)4/h7-10H,5-6H2,1-4H3. The van der Waals surface area contributed by atoms with Crippen LogP contribution in [0.25, 0.3) is 0 Å². The van der Waals surface area contributed by atoms with Gasteiger partial charge >= 0.3 is 0 Å². The van der Waals surface area contributed by atoms with Gasteiger partial charge in [0.05, 0.1) is 6.10 Å². The minimum atomic E-state index is -0.104. The molecule has 1 aromatic rings. The Bertz CT molecular complexity index is 451. The van der Waals surface area contributed by atoms with E-state index in [1.165, 1.54) is 4.90 Å². The van der Waals surface area contributed by atoms with Crippen molar-refractivity contribution in [2.45, 2.75) is 38.7 Å². The monoisotopic (exact) mass is 248 g/mol. The van der Waals surface area contributed by atoms with Gasteiger partial charge in [-0.05, 0) is 30.9 Å². The summed E-state index contributed by atoms with van der Waals surface area (Å²) in [5.74, 6) is 0.808. The van der Waals surface area contributed by atoms with E-state index in [0.29, 0.717) is 17.4 Å². The van der Waals surface area contributed by atoms with Crippen LogP contribution in [0.15, 0.2) is 12.1 Å². The van der Waals surface area contributed by atoms with Crippen molar-refractivity contribution >= 4 is 5.91 Å². The Balaban J connectivity index is 2.35. The lowest BCUT2D eigenvalue weighted by Crippen LogP contribution is -2.24. The summed E-state index contributed by atoms with van der Waals surface area (Å²) >= 11 is 0. The van der Waals surface area contributed by atoms with Crippen LogP contribution in [0.4, 0.5) is 0 Å². The number of pyridine rings is 1. The van der Waals surface area contributed by atoms with Crippen LogP contribution in [0.2, 0.25) is 0 Å². The van der Waals surface area contributed by atoms with Crippen molar-refractivity contribution in [1.82, 2.24) is 9.88 Å². The molecule has 2 rings (SSSR count). The molecule has 18 heavy (non-hydrogen) atoms. The number of hydrogen-bond donors (Lipinski definition) is 0. The van der Waals surface area contributed by atoms with E-state index >= 15 is 0 Å². The first-order chi connectivity index (χ1) is 8.49. The maximum atomic E-state index is 12.1. The Hall–Kier alpha value is -1.58. The zero-order valence-corrected chi connectivity index (χ0v) is 11.4. The Labute approximate surface area is 108 Å². The average molecular weight is 248 g/mol. The van der Waals surface area contributed by atoms with E-state index in [1.54, 1.807) is 14.1 Å². The smallest absolute Gasteiger partial charge is 0.275 e. The summed E-state index contributed by atoms with van der Waals surface area (Å²) < 4.78 is 5.75. The third-order valence-electron chi connectivity index (χ3n) is 2.90. The van der Waals surface area contributed by atoms with Gasteiger partial charge in [0.2, 0.25) is 0 Å². The third-order valence-corrected chi connectivity index (χ3v) is 2.90. The van der Waals surface area contributed by atoms with Gasteiger partial charge < -0.3 is 9.64 Å². The van der Waals surface area contributed by atoms with Gasteiger partial charge in [-0.1, -0.05) is 13.8 Å². The summed E-state index contributed by atoms with van der Waals surface area (Å²) in [6.07, 6.45) is 2.41. The molecule has 1 amide bonds. The molecule has 0 bridgehead atoms. The van der Waals surface area contributed by atoms with Crippen molar-refractivity contribution in [2.75, 3.05) is 14.1 Å². The van der Waals surface area contributed by atoms with Gasteiger partial charge in [-0.2, -0.15) is 0 Å². The second-order valence-corrected chi connectivity index (χ2v) is 5.25. The van der Waals surface area contributed by atoms with Gasteiger partial charge in [-0.15, -0.1) is 0 Å². The van der Waals surface area contributed by atoms with Crippen LogP contribution >= 0.6 is 0 Å². The van der Waals surface area contributed by atoms with Gasteiger partial charge in [0.15, 0.2) is 11.4 Å². The lowest BCUT2D eigenvalue weighted by Gasteiger charge is -2.15. The van der Waals surface area contributed by atoms with Crippen molar-refractivity contribution in [3.63, 3.8) is 0 Å². The second-order valence-electron chi connectivity index (χ2n) is 5.25. The summed E-state index contributed by atoms with van der Waals surface area (Å²) in [4.78, 5) is 18.1. The Morgan fingerprint density at radius 2 is 2.06 bits per heavy atom. The zero-order valence-electron chi connectivity index (χ0n) is 11.4. The first-order valence-electron chi connectivity index (χ1n) is 6.38. The van der Waals surface area contributed by atoms with Crippen LogP contribution in [0.3, 0.4) is 0 Å². The molecule has 1 fully saturated rings. The fourth-order valence-corrected chi connectivity index (χ4v) is 1.61. The van der Waals surface area contributed by atoms with Crippen molar-refractivity contribution in [1.29, 1.82) is 0 Å². The predicted octanol–water partition coefficient (Wildman–Crippen LogP) is 2.45. The van der Waals surface area contributed by atoms with E-state index in [-0.39, 0.29) is 12.0 Å². The van der Waals surface area contributed by atoms with E-state index in [2.05, 4.69) is 18.8 Å². The highest BCUT2D eigenvalue weighted by Crippen LogP contribution is 2.29. The van der Waals surface area contributed by atoms with E-state index in [1.807, 2.05) is 12.1 Å². The Kier molecular flexibility index (Phi) is 3.55. The number of aromatic nitrogens is 1. The third kappa shape index (κ3) is 2.81. The molecule has 0 unspecified atom stereocenters. The van der Waals surface area contributed by atoms with E-state index in [9.17, 15) is 4.79 Å². The van der Waals surface area contributed by atoms with Crippen LogP contribution in [-0.4, -0.2) is 36.0 Å². The fraction of sp³-hybridized carbons (Fsp3) is 0.571. The first kappa shape index (κ1) is 12.9. The minimum Gasteiger partial charge on any atom is -0.488 e. The first-order valence-corrected chi connectivity index (χ1v) is 6.38. The number of carbonyl (C=O) groups excluding carboxylic acids is 1. The molecule has 1 aliphatic carbocycles. The van der Waals surface area contributed by atoms with Gasteiger partial charge in [-0.25, -0.2) is 4.98 Å². The zero-order chi connectivity index (χ0) is 13.3. The molecule has 0 aromatic carbocycles. The molecular formula is C14H20N2O2. The lowest BCUT2D eigenvalue weighted by molar-refractivity contribution is 0.0816. The molecule has 98 valence electrons. The summed E-state index contributed by atoms with van der Waals surface area (Å²) in [7, 11) is 3.46. The molecular weight excluding hydrogens is 228 g/mol. The molecule has 0 aliphatic heterocycles. The predicted molar refractivity (Wildman–Crippen MR) is 70.0 cm³/mol. The van der Waals surface area contributed by atoms with Crippen molar-refractivity contribution < 1.29 is 9.53 Å². The largest absolute Gasteiger partial charge is 0.488 e. The number of hydrogen-bond acceptors (Lipinski definition) is 3. The highest BCUT2D eigenvalue weighted by atomic mass is 16.5. The van der Waals surface area contributed by atoms with Crippen LogP contribution < -0.4 is 4.74 Å². The normalized spacial score (nSPS) is 14.7. The Morgan fingerprint density at radius 3 is 2.56 bits per heavy atom. The maximum absolute atomic E-state index is 12.1. The molecule has 0 radical (unpaired) electrons. The maximum Gasteiger partial charge on any atom is 0.275 e. The molecule has 4 nitrogen and oxygen atoms in total. The van der Waals surface area contributed by atoms with Crippen LogP contribution in [0.1, 0.15) is 48.8 Å². The second kappa shape index (κ2) is 4.96. The highest BCUT2D eigenvalue weighted by molar-refractivity contribution is 5.94. The Morgan fingerprint density at radius 1 is 1.39 bits per heavy atom. The molecule has 0 atom stereocenters. The van der Waals surface area contributed by atoms with Crippen molar-refractivity contribution in [2.24, 2.45) is 0 Å². The highest BCUT2D eigenvalue weighted by Gasteiger charge is 2.27. The molecule has 1 aliphatic rings. The minimum absolute atomic E-state index is 0.104. The molecule has 1 saturated carbocycles. The molecule has 0 saturated heterocycles. The number of nitrogens with zero attached hydrogens (tertiary/aromatic N) is 2. The summed E-state index contributed by atoms with van der Waals surface area (Å²) in [6.45, 7) is 4.13. The van der Waals surface area contributed by atoms with E-state index in [4.69, 9.17) is 4.74 Å². The molecule has 0 N–H and O–H groups in total. The van der Waals surface area contributed by atoms with Crippen LogP contribution in [0.5, 0.6) is 5.75 Å². The fourth-order valence-electron chi connectivity index (χ4n) is 1.61. The van der Waals surface area contributed by atoms with Crippen LogP contribution in [0, 0.1) is 0 Å². The summed E-state index contributed by atoms with van der Waals surface area (Å²) in [6, 6.07) is 3.81. The quantitative estimate of drug-likeness (QED) is 0.822. The number of carbonyl (C=O) groups is 1. The van der Waals surface area contributed by atoms with E-state index < -0.39 is 0 Å². The topological polar surface area (TPSA) is 42.4 Å². The van der Waals surface area contributed by atoms with Gasteiger partial charge in [0.25, 0.3) is 5.91 Å². The van der Waals surface area contributed by atoms with Gasteiger partial charge in [-0.3, -0.25) is 4.79 Å². The average Bonchev–Trinajstić information content (AvgIpc) is 3.12. The lowest BCUT2D eigenvalue weighted by atomic mass is 10.1. The molecule has 1 aromatic heterocycles. The van der Waals surface area contributed by atoms with Crippen LogP contribution in [-0.2, 0) is 0 Å². The van der Waals surface area contributed by atoms with E-state index in [0.717, 1.165) is 18.5 Å². The van der Waals surface area contributed by atoms with Crippen molar-refractivity contribution in [3.8, 4) is 5.75 Å². The number of ether oxygens (including phenoxy) is 1. The number of rotatable bonds is 4. The summed E-state index contributed by atoms with van der Waals surface area (Å²) in [5.41, 5.74) is 1.35.